The number of carbonyl (C=O) groups is 1. The summed E-state index contributed by atoms with van der Waals surface area (Å²) in [7, 11) is 1.65. The number of benzene rings is 2. The quantitative estimate of drug-likeness (QED) is 0.834. The molecule has 1 aliphatic heterocycles. The molecule has 1 saturated heterocycles. The molecule has 1 fully saturated rings. The van der Waals surface area contributed by atoms with Crippen LogP contribution in [0.5, 0.6) is 5.75 Å². The summed E-state index contributed by atoms with van der Waals surface area (Å²) in [4.78, 5) is 14.9. The summed E-state index contributed by atoms with van der Waals surface area (Å²) >= 11 is 0. The molecule has 1 N–H and O–H groups in total. The predicted octanol–water partition coefficient (Wildman–Crippen LogP) is 4.04. The van der Waals surface area contributed by atoms with E-state index < -0.39 is 5.82 Å². The molecule has 0 radical (unpaired) electrons. The SMILES string of the molecule is COc1ccc(C(CNC(=O)c2cccc(F)c2)N2CCC(C)CC2)cc1. The second kappa shape index (κ2) is 9.00. The van der Waals surface area contributed by atoms with Crippen LogP contribution in [0.2, 0.25) is 0 Å². The predicted molar refractivity (Wildman–Crippen MR) is 104 cm³/mol. The van der Waals surface area contributed by atoms with E-state index in [1.54, 1.807) is 19.2 Å². The number of methoxy groups -OCH3 is 1. The fourth-order valence-corrected chi connectivity index (χ4v) is 3.55. The van der Waals surface area contributed by atoms with Gasteiger partial charge in [0.2, 0.25) is 0 Å². The van der Waals surface area contributed by atoms with Crippen LogP contribution in [0.3, 0.4) is 0 Å². The third kappa shape index (κ3) is 5.07. The number of nitrogens with one attached hydrogen (secondary N) is 1. The molecule has 27 heavy (non-hydrogen) atoms. The van der Waals surface area contributed by atoms with Gasteiger partial charge in [-0.3, -0.25) is 9.69 Å². The molecule has 1 atom stereocenters. The molecule has 0 aliphatic carbocycles. The molecule has 1 amide bonds. The maximum absolute atomic E-state index is 13.4. The van der Waals surface area contributed by atoms with Crippen molar-refractivity contribution in [1.29, 1.82) is 0 Å². The lowest BCUT2D eigenvalue weighted by Crippen LogP contribution is -2.42. The molecule has 3 rings (SSSR count). The summed E-state index contributed by atoms with van der Waals surface area (Å²) in [5.41, 5.74) is 1.49. The first-order chi connectivity index (χ1) is 13.1. The number of ether oxygens (including phenoxy) is 1. The molecule has 144 valence electrons. The Kier molecular flexibility index (Phi) is 6.45. The number of amides is 1. The summed E-state index contributed by atoms with van der Waals surface area (Å²) < 4.78 is 18.6. The van der Waals surface area contributed by atoms with E-state index in [1.165, 1.54) is 12.1 Å². The largest absolute Gasteiger partial charge is 0.497 e. The topological polar surface area (TPSA) is 41.6 Å². The molecular formula is C22H27FN2O2. The van der Waals surface area contributed by atoms with Crippen LogP contribution >= 0.6 is 0 Å². The van der Waals surface area contributed by atoms with E-state index in [1.807, 2.05) is 12.1 Å². The standard InChI is InChI=1S/C22H27FN2O2/c1-16-10-12-25(13-11-16)21(17-6-8-20(27-2)9-7-17)15-24-22(26)18-4-3-5-19(23)14-18/h3-9,14,16,21H,10-13,15H2,1-2H3,(H,24,26). The highest BCUT2D eigenvalue weighted by Crippen LogP contribution is 2.27. The minimum atomic E-state index is -0.403. The van der Waals surface area contributed by atoms with Crippen LogP contribution in [-0.4, -0.2) is 37.6 Å². The summed E-state index contributed by atoms with van der Waals surface area (Å²) in [5.74, 6) is 0.894. The first-order valence-corrected chi connectivity index (χ1v) is 9.48. The summed E-state index contributed by atoms with van der Waals surface area (Å²) in [6.45, 7) is 4.78. The van der Waals surface area contributed by atoms with Crippen LogP contribution in [-0.2, 0) is 0 Å². The average molecular weight is 370 g/mol. The van der Waals surface area contributed by atoms with Gasteiger partial charge in [0.1, 0.15) is 11.6 Å². The average Bonchev–Trinajstić information content (AvgIpc) is 2.69. The van der Waals surface area contributed by atoms with E-state index in [2.05, 4.69) is 29.3 Å². The maximum atomic E-state index is 13.4. The van der Waals surface area contributed by atoms with E-state index in [-0.39, 0.29) is 11.9 Å². The van der Waals surface area contributed by atoms with E-state index in [0.29, 0.717) is 12.1 Å². The molecule has 1 heterocycles. The minimum Gasteiger partial charge on any atom is -0.497 e. The molecule has 1 aliphatic rings. The Morgan fingerprint density at radius 1 is 1.22 bits per heavy atom. The van der Waals surface area contributed by atoms with E-state index in [9.17, 15) is 9.18 Å². The van der Waals surface area contributed by atoms with Crippen LogP contribution < -0.4 is 10.1 Å². The van der Waals surface area contributed by atoms with E-state index >= 15 is 0 Å². The van der Waals surface area contributed by atoms with Crippen molar-refractivity contribution >= 4 is 5.91 Å². The maximum Gasteiger partial charge on any atom is 0.251 e. The number of rotatable bonds is 6. The van der Waals surface area contributed by atoms with Gasteiger partial charge in [-0.2, -0.15) is 0 Å². The van der Waals surface area contributed by atoms with E-state index in [4.69, 9.17) is 4.74 Å². The number of carbonyl (C=O) groups excluding carboxylic acids is 1. The molecule has 0 aromatic heterocycles. The zero-order valence-corrected chi connectivity index (χ0v) is 16.0. The van der Waals surface area contributed by atoms with Crippen molar-refractivity contribution in [2.45, 2.75) is 25.8 Å². The Balaban J connectivity index is 1.73. The van der Waals surface area contributed by atoms with Crippen molar-refractivity contribution in [3.8, 4) is 5.75 Å². The summed E-state index contributed by atoms with van der Waals surface area (Å²) in [5, 5.41) is 2.98. The first-order valence-electron chi connectivity index (χ1n) is 9.48. The molecule has 0 saturated carbocycles. The second-order valence-electron chi connectivity index (χ2n) is 7.23. The highest BCUT2D eigenvalue weighted by Gasteiger charge is 2.25. The summed E-state index contributed by atoms with van der Waals surface area (Å²) in [6.07, 6.45) is 2.31. The lowest BCUT2D eigenvalue weighted by Gasteiger charge is -2.37. The van der Waals surface area contributed by atoms with Crippen molar-refractivity contribution in [3.63, 3.8) is 0 Å². The molecule has 4 nitrogen and oxygen atoms in total. The first kappa shape index (κ1) is 19.4. The Bertz CT molecular complexity index is 755. The third-order valence-electron chi connectivity index (χ3n) is 5.30. The van der Waals surface area contributed by atoms with Crippen LogP contribution in [0.4, 0.5) is 4.39 Å². The Hall–Kier alpha value is -2.40. The lowest BCUT2D eigenvalue weighted by atomic mass is 9.95. The molecule has 1 unspecified atom stereocenters. The highest BCUT2D eigenvalue weighted by atomic mass is 19.1. The van der Waals surface area contributed by atoms with Crippen LogP contribution in [0.25, 0.3) is 0 Å². The van der Waals surface area contributed by atoms with Crippen molar-refractivity contribution in [2.75, 3.05) is 26.7 Å². The molecule has 0 spiro atoms. The number of nitrogens with zero attached hydrogens (tertiary/aromatic N) is 1. The molecule has 5 heteroatoms. The normalized spacial score (nSPS) is 16.7. The molecule has 2 aromatic carbocycles. The van der Waals surface area contributed by atoms with Crippen molar-refractivity contribution in [2.24, 2.45) is 5.92 Å². The third-order valence-corrected chi connectivity index (χ3v) is 5.30. The van der Waals surface area contributed by atoms with Gasteiger partial charge in [0.25, 0.3) is 5.91 Å². The smallest absolute Gasteiger partial charge is 0.251 e. The second-order valence-corrected chi connectivity index (χ2v) is 7.23. The van der Waals surface area contributed by atoms with Gasteiger partial charge in [-0.1, -0.05) is 25.1 Å². The van der Waals surface area contributed by atoms with Gasteiger partial charge in [-0.25, -0.2) is 4.39 Å². The van der Waals surface area contributed by atoms with Gasteiger partial charge in [0, 0.05) is 12.1 Å². The van der Waals surface area contributed by atoms with Gasteiger partial charge < -0.3 is 10.1 Å². The van der Waals surface area contributed by atoms with Gasteiger partial charge in [0.15, 0.2) is 0 Å². The fourth-order valence-electron chi connectivity index (χ4n) is 3.55. The van der Waals surface area contributed by atoms with Crippen LogP contribution in [0.15, 0.2) is 48.5 Å². The lowest BCUT2D eigenvalue weighted by molar-refractivity contribution is 0.0912. The summed E-state index contributed by atoms with van der Waals surface area (Å²) in [6, 6.07) is 13.9. The van der Waals surface area contributed by atoms with Gasteiger partial charge >= 0.3 is 0 Å². The number of halogens is 1. The fraction of sp³-hybridized carbons (Fsp3) is 0.409. The zero-order chi connectivity index (χ0) is 19.2. The van der Waals surface area contributed by atoms with Gasteiger partial charge in [-0.15, -0.1) is 0 Å². The highest BCUT2D eigenvalue weighted by molar-refractivity contribution is 5.94. The van der Waals surface area contributed by atoms with Crippen LogP contribution in [0, 0.1) is 11.7 Å². The number of piperidine rings is 1. The van der Waals surface area contributed by atoms with Crippen molar-refractivity contribution in [1.82, 2.24) is 10.2 Å². The monoisotopic (exact) mass is 370 g/mol. The molecular weight excluding hydrogens is 343 g/mol. The Morgan fingerprint density at radius 3 is 2.56 bits per heavy atom. The Labute approximate surface area is 160 Å². The Morgan fingerprint density at radius 2 is 1.93 bits per heavy atom. The molecule has 2 aromatic rings. The van der Waals surface area contributed by atoms with Crippen LogP contribution in [0.1, 0.15) is 41.7 Å². The van der Waals surface area contributed by atoms with Crippen molar-refractivity contribution in [3.05, 3.63) is 65.5 Å². The van der Waals surface area contributed by atoms with Gasteiger partial charge in [-0.05, 0) is 67.7 Å². The van der Waals surface area contributed by atoms with Gasteiger partial charge in [0.05, 0.1) is 13.2 Å². The van der Waals surface area contributed by atoms with Crippen molar-refractivity contribution < 1.29 is 13.9 Å². The molecule has 0 bridgehead atoms. The number of hydrogen-bond acceptors (Lipinski definition) is 3. The van der Waals surface area contributed by atoms with E-state index in [0.717, 1.165) is 43.2 Å². The minimum absolute atomic E-state index is 0.0842. The number of likely N-dealkylation sites (tertiary alicyclic amines) is 1. The zero-order valence-electron chi connectivity index (χ0n) is 16.0. The number of hydrogen-bond donors (Lipinski definition) is 1.